The van der Waals surface area contributed by atoms with Crippen molar-refractivity contribution in [3.8, 4) is 0 Å². The first-order valence-electron chi connectivity index (χ1n) is 11.1. The highest BCUT2D eigenvalue weighted by atomic mass is 32.2. The van der Waals surface area contributed by atoms with Gasteiger partial charge < -0.3 is 26.4 Å². The summed E-state index contributed by atoms with van der Waals surface area (Å²) in [5.74, 6) is 0.0480. The Morgan fingerprint density at radius 2 is 2.06 bits per heavy atom. The molecule has 2 heterocycles. The summed E-state index contributed by atoms with van der Waals surface area (Å²) in [4.78, 5) is 18.2. The number of aromatic nitrogens is 1. The number of halogens is 3. The third-order valence-corrected chi connectivity index (χ3v) is 6.93. The molecule has 0 radical (unpaired) electrons. The number of hydrogen-bond donors (Lipinski definition) is 5. The molecule has 1 amide bonds. The van der Waals surface area contributed by atoms with Crippen LogP contribution in [0.1, 0.15) is 37.0 Å². The fourth-order valence-corrected chi connectivity index (χ4v) is 4.65. The zero-order valence-electron chi connectivity index (χ0n) is 18.9. The van der Waals surface area contributed by atoms with Crippen LogP contribution in [0.2, 0.25) is 0 Å². The average molecular weight is 496 g/mol. The zero-order chi connectivity index (χ0) is 24.5. The van der Waals surface area contributed by atoms with Gasteiger partial charge in [0.05, 0.1) is 29.3 Å². The molecule has 5 N–H and O–H groups in total. The van der Waals surface area contributed by atoms with Crippen molar-refractivity contribution in [1.82, 2.24) is 10.3 Å². The van der Waals surface area contributed by atoms with Crippen LogP contribution < -0.4 is 21.3 Å². The van der Waals surface area contributed by atoms with Crippen LogP contribution in [-0.2, 0) is 0 Å². The molecule has 1 aromatic carbocycles. The molecular formula is C23H28F3N5O2S. The van der Waals surface area contributed by atoms with E-state index in [2.05, 4.69) is 26.3 Å². The Morgan fingerprint density at radius 1 is 1.29 bits per heavy atom. The van der Waals surface area contributed by atoms with Gasteiger partial charge in [-0.15, -0.1) is 11.8 Å². The number of hydrogen-bond acceptors (Lipinski definition) is 7. The Labute approximate surface area is 200 Å². The highest BCUT2D eigenvalue weighted by Gasteiger charge is 2.36. The van der Waals surface area contributed by atoms with Crippen molar-refractivity contribution in [3.05, 3.63) is 36.0 Å². The Kier molecular flexibility index (Phi) is 7.13. The van der Waals surface area contributed by atoms with E-state index in [0.717, 1.165) is 22.1 Å². The summed E-state index contributed by atoms with van der Waals surface area (Å²) < 4.78 is 39.9. The number of nitrogens with one attached hydrogen (secondary N) is 4. The molecule has 2 aliphatic rings. The van der Waals surface area contributed by atoms with Crippen molar-refractivity contribution in [2.45, 2.75) is 55.8 Å². The van der Waals surface area contributed by atoms with Gasteiger partial charge in [0, 0.05) is 40.5 Å². The highest BCUT2D eigenvalue weighted by molar-refractivity contribution is 7.99. The van der Waals surface area contributed by atoms with Gasteiger partial charge in [0.1, 0.15) is 12.0 Å². The minimum absolute atomic E-state index is 0.169. The molecule has 1 fully saturated rings. The van der Waals surface area contributed by atoms with Crippen LogP contribution in [0.25, 0.3) is 0 Å². The smallest absolute Gasteiger partial charge is 0.255 e. The molecular weight excluding hydrogens is 467 g/mol. The van der Waals surface area contributed by atoms with E-state index in [9.17, 15) is 23.1 Å². The number of amides is 1. The predicted octanol–water partition coefficient (Wildman–Crippen LogP) is 4.59. The van der Waals surface area contributed by atoms with Gasteiger partial charge in [-0.05, 0) is 44.9 Å². The number of pyridine rings is 1. The Morgan fingerprint density at radius 3 is 2.76 bits per heavy atom. The lowest BCUT2D eigenvalue weighted by Gasteiger charge is -2.36. The molecule has 1 atom stereocenters. The standard InChI is InChI=1S/C23H28F3N5O2S/c1-23(2,33)19(24)10-28-22(32)15-9-27-20(8-17(15)30-14-5-12(6-14)21(25)26)31-13-3-4-16-18(7-13)34-11-29-16/h3-4,7-9,12,14,19,21,29,33H,5-6,10-11H2,1-2H3,(H,28,32)(H2,27,30,31). The number of benzene rings is 1. The zero-order valence-corrected chi connectivity index (χ0v) is 19.7. The lowest BCUT2D eigenvalue weighted by Crippen LogP contribution is -2.42. The normalized spacial score (nSPS) is 20.2. The van der Waals surface area contributed by atoms with E-state index in [4.69, 9.17) is 0 Å². The van der Waals surface area contributed by atoms with Gasteiger partial charge in [-0.3, -0.25) is 4.79 Å². The minimum atomic E-state index is -2.37. The molecule has 2 aromatic rings. The molecule has 1 aliphatic carbocycles. The van der Waals surface area contributed by atoms with E-state index in [1.54, 1.807) is 17.8 Å². The summed E-state index contributed by atoms with van der Waals surface area (Å²) in [6.07, 6.45) is -2.07. The first-order valence-corrected chi connectivity index (χ1v) is 12.1. The summed E-state index contributed by atoms with van der Waals surface area (Å²) in [6, 6.07) is 7.31. The maximum absolute atomic E-state index is 14.1. The fourth-order valence-electron chi connectivity index (χ4n) is 3.76. The summed E-state index contributed by atoms with van der Waals surface area (Å²) in [7, 11) is 0. The number of thioether (sulfide) groups is 1. The van der Waals surface area contributed by atoms with Crippen LogP contribution in [0, 0.1) is 5.92 Å². The number of nitrogens with zero attached hydrogens (tertiary/aromatic N) is 1. The Hall–Kier alpha value is -2.66. The van der Waals surface area contributed by atoms with E-state index < -0.39 is 30.0 Å². The van der Waals surface area contributed by atoms with E-state index in [-0.39, 0.29) is 18.2 Å². The van der Waals surface area contributed by atoms with Gasteiger partial charge in [0.25, 0.3) is 5.91 Å². The van der Waals surface area contributed by atoms with Crippen LogP contribution in [-0.4, -0.2) is 52.7 Å². The summed E-state index contributed by atoms with van der Waals surface area (Å²) in [5.41, 5.74) is 0.873. The first kappa shape index (κ1) is 24.5. The van der Waals surface area contributed by atoms with Crippen molar-refractivity contribution < 1.29 is 23.1 Å². The molecule has 1 aromatic heterocycles. The molecule has 0 saturated heterocycles. The lowest BCUT2D eigenvalue weighted by molar-refractivity contribution is -0.00178. The first-order chi connectivity index (χ1) is 16.1. The van der Waals surface area contributed by atoms with Crippen LogP contribution in [0.4, 0.5) is 36.1 Å². The van der Waals surface area contributed by atoms with Crippen molar-refractivity contribution in [2.24, 2.45) is 5.92 Å². The van der Waals surface area contributed by atoms with Gasteiger partial charge in [0.2, 0.25) is 6.43 Å². The van der Waals surface area contributed by atoms with Crippen molar-refractivity contribution in [1.29, 1.82) is 0 Å². The average Bonchev–Trinajstić information content (AvgIpc) is 3.21. The minimum Gasteiger partial charge on any atom is -0.387 e. The molecule has 0 spiro atoms. The maximum atomic E-state index is 14.1. The van der Waals surface area contributed by atoms with Gasteiger partial charge in [-0.1, -0.05) is 0 Å². The second-order valence-electron chi connectivity index (χ2n) is 9.15. The second-order valence-corrected chi connectivity index (χ2v) is 10.2. The molecule has 1 unspecified atom stereocenters. The van der Waals surface area contributed by atoms with E-state index in [1.807, 2.05) is 18.2 Å². The van der Waals surface area contributed by atoms with E-state index in [1.165, 1.54) is 20.0 Å². The van der Waals surface area contributed by atoms with Crippen LogP contribution >= 0.6 is 11.8 Å². The summed E-state index contributed by atoms with van der Waals surface area (Å²) in [6.45, 7) is 2.27. The summed E-state index contributed by atoms with van der Waals surface area (Å²) >= 11 is 1.69. The Balaban J connectivity index is 1.51. The molecule has 11 heteroatoms. The number of rotatable bonds is 9. The number of anilines is 4. The Bertz CT molecular complexity index is 1040. The van der Waals surface area contributed by atoms with Crippen molar-refractivity contribution in [2.75, 3.05) is 28.4 Å². The quantitative estimate of drug-likeness (QED) is 0.347. The molecule has 0 bridgehead atoms. The highest BCUT2D eigenvalue weighted by Crippen LogP contribution is 2.37. The van der Waals surface area contributed by atoms with Crippen LogP contribution in [0.5, 0.6) is 0 Å². The number of carbonyl (C=O) groups is 1. The van der Waals surface area contributed by atoms with Gasteiger partial charge >= 0.3 is 0 Å². The lowest BCUT2D eigenvalue weighted by atomic mass is 9.80. The van der Waals surface area contributed by atoms with Crippen LogP contribution in [0.15, 0.2) is 35.4 Å². The monoisotopic (exact) mass is 495 g/mol. The fraction of sp³-hybridized carbons (Fsp3) is 0.478. The number of alkyl halides is 3. The van der Waals surface area contributed by atoms with Crippen molar-refractivity contribution in [3.63, 3.8) is 0 Å². The molecule has 1 aliphatic heterocycles. The number of fused-ring (bicyclic) bond motifs is 1. The molecule has 4 rings (SSSR count). The largest absolute Gasteiger partial charge is 0.387 e. The molecule has 184 valence electrons. The van der Waals surface area contributed by atoms with Gasteiger partial charge in [-0.25, -0.2) is 18.2 Å². The van der Waals surface area contributed by atoms with Gasteiger partial charge in [0.15, 0.2) is 0 Å². The third-order valence-electron chi connectivity index (χ3n) is 5.99. The SMILES string of the molecule is CC(C)(O)C(F)CNC(=O)c1cnc(Nc2ccc3c(c2)SCN3)cc1NC1CC(C(F)F)C1. The second kappa shape index (κ2) is 9.91. The molecule has 34 heavy (non-hydrogen) atoms. The summed E-state index contributed by atoms with van der Waals surface area (Å²) in [5, 5.41) is 21.9. The van der Waals surface area contributed by atoms with E-state index >= 15 is 0 Å². The molecule has 7 nitrogen and oxygen atoms in total. The van der Waals surface area contributed by atoms with Crippen LogP contribution in [0.3, 0.4) is 0 Å². The number of carbonyl (C=O) groups excluding carboxylic acids is 1. The van der Waals surface area contributed by atoms with Crippen molar-refractivity contribution >= 4 is 40.5 Å². The van der Waals surface area contributed by atoms with E-state index in [0.29, 0.717) is 24.3 Å². The molecule has 1 saturated carbocycles. The third kappa shape index (κ3) is 5.69. The predicted molar refractivity (Wildman–Crippen MR) is 128 cm³/mol. The van der Waals surface area contributed by atoms with Gasteiger partial charge in [-0.2, -0.15) is 0 Å². The maximum Gasteiger partial charge on any atom is 0.255 e. The topological polar surface area (TPSA) is 98.3 Å². The number of aliphatic hydroxyl groups is 1.